The molecule has 0 spiro atoms. The molecule has 1 saturated heterocycles. The van der Waals surface area contributed by atoms with Crippen molar-refractivity contribution in [1.29, 1.82) is 0 Å². The van der Waals surface area contributed by atoms with Crippen LogP contribution in [0.2, 0.25) is 0 Å². The van der Waals surface area contributed by atoms with Gasteiger partial charge in [-0.2, -0.15) is 0 Å². The summed E-state index contributed by atoms with van der Waals surface area (Å²) in [5.41, 5.74) is 0. The Labute approximate surface area is 92.5 Å². The molecule has 0 aromatic heterocycles. The minimum absolute atomic E-state index is 0.0113. The quantitative estimate of drug-likeness (QED) is 0.712. The van der Waals surface area contributed by atoms with Crippen molar-refractivity contribution in [3.63, 3.8) is 0 Å². The highest BCUT2D eigenvalue weighted by molar-refractivity contribution is 5.87. The molecule has 1 aliphatic rings. The van der Waals surface area contributed by atoms with Crippen LogP contribution in [-0.2, 0) is 4.79 Å². The van der Waals surface area contributed by atoms with Crippen molar-refractivity contribution in [1.82, 2.24) is 10.2 Å². The molecule has 0 aromatic rings. The molecular weight excluding hydrogens is 188 g/mol. The first-order valence-corrected chi connectivity index (χ1v) is 5.77. The Morgan fingerprint density at radius 2 is 2.33 bits per heavy atom. The highest BCUT2D eigenvalue weighted by atomic mass is 16.1. The lowest BCUT2D eigenvalue weighted by atomic mass is 10.2. The molecule has 0 aromatic carbocycles. The van der Waals surface area contributed by atoms with Crippen LogP contribution in [0.15, 0.2) is 12.2 Å². The first kappa shape index (κ1) is 12.2. The van der Waals surface area contributed by atoms with Gasteiger partial charge in [0.1, 0.15) is 0 Å². The predicted molar refractivity (Wildman–Crippen MR) is 62.6 cm³/mol. The van der Waals surface area contributed by atoms with E-state index in [0.717, 1.165) is 25.6 Å². The molecule has 15 heavy (non-hydrogen) atoms. The summed E-state index contributed by atoms with van der Waals surface area (Å²) in [6, 6.07) is 0.217. The van der Waals surface area contributed by atoms with E-state index in [9.17, 15) is 4.79 Å². The molecule has 1 N–H and O–H groups in total. The Hall–Kier alpha value is -0.830. The maximum Gasteiger partial charge on any atom is 0.243 e. The number of carbonyl (C=O) groups is 1. The van der Waals surface area contributed by atoms with Crippen LogP contribution in [-0.4, -0.2) is 36.5 Å². The van der Waals surface area contributed by atoms with Gasteiger partial charge >= 0.3 is 0 Å². The van der Waals surface area contributed by atoms with Crippen LogP contribution in [0.4, 0.5) is 0 Å². The molecule has 86 valence electrons. The molecule has 3 nitrogen and oxygen atoms in total. The lowest BCUT2D eigenvalue weighted by molar-refractivity contribution is -0.116. The highest BCUT2D eigenvalue weighted by Crippen LogP contribution is 2.14. The lowest BCUT2D eigenvalue weighted by Crippen LogP contribution is -2.28. The fraction of sp³-hybridized carbons (Fsp3) is 0.750. The second kappa shape index (κ2) is 5.91. The second-order valence-electron chi connectivity index (χ2n) is 4.72. The number of nitrogens with zero attached hydrogens (tertiary/aromatic N) is 1. The minimum atomic E-state index is 0.0113. The van der Waals surface area contributed by atoms with E-state index >= 15 is 0 Å². The van der Waals surface area contributed by atoms with E-state index in [1.807, 2.05) is 19.9 Å². The van der Waals surface area contributed by atoms with Crippen LogP contribution in [0, 0.1) is 5.92 Å². The van der Waals surface area contributed by atoms with E-state index in [0.29, 0.717) is 0 Å². The molecule has 0 bridgehead atoms. The Kier molecular flexibility index (Phi) is 4.82. The molecule has 1 atom stereocenters. The number of hydrogen-bond acceptors (Lipinski definition) is 2. The Morgan fingerprint density at radius 1 is 1.60 bits per heavy atom. The summed E-state index contributed by atoms with van der Waals surface area (Å²) < 4.78 is 0. The molecular formula is C12H22N2O. The van der Waals surface area contributed by atoms with E-state index in [1.54, 1.807) is 6.08 Å². The third-order valence-corrected chi connectivity index (χ3v) is 2.57. The summed E-state index contributed by atoms with van der Waals surface area (Å²) >= 11 is 0. The van der Waals surface area contributed by atoms with Gasteiger partial charge < -0.3 is 5.32 Å². The van der Waals surface area contributed by atoms with Crippen LogP contribution in [0.5, 0.6) is 0 Å². The molecule has 1 rings (SSSR count). The second-order valence-corrected chi connectivity index (χ2v) is 4.72. The number of likely N-dealkylation sites (tertiary alicyclic amines) is 1. The van der Waals surface area contributed by atoms with Gasteiger partial charge in [0.15, 0.2) is 0 Å². The maximum absolute atomic E-state index is 11.3. The van der Waals surface area contributed by atoms with E-state index in [-0.39, 0.29) is 11.9 Å². The van der Waals surface area contributed by atoms with Crippen molar-refractivity contribution in [3.05, 3.63) is 12.2 Å². The predicted octanol–water partition coefficient (Wildman–Crippen LogP) is 1.41. The molecule has 1 heterocycles. The molecule has 1 amide bonds. The number of rotatable bonds is 4. The van der Waals surface area contributed by atoms with Crippen LogP contribution >= 0.6 is 0 Å². The van der Waals surface area contributed by atoms with Gasteiger partial charge in [0.25, 0.3) is 0 Å². The zero-order chi connectivity index (χ0) is 11.3. The molecule has 3 heteroatoms. The van der Waals surface area contributed by atoms with Crippen LogP contribution < -0.4 is 5.32 Å². The summed E-state index contributed by atoms with van der Waals surface area (Å²) in [5.74, 6) is 0.820. The monoisotopic (exact) mass is 210 g/mol. The zero-order valence-corrected chi connectivity index (χ0v) is 9.99. The largest absolute Gasteiger partial charge is 0.350 e. The molecule has 1 aliphatic heterocycles. The summed E-state index contributed by atoms with van der Waals surface area (Å²) in [6.45, 7) is 9.43. The van der Waals surface area contributed by atoms with Crippen molar-refractivity contribution in [2.75, 3.05) is 19.6 Å². The van der Waals surface area contributed by atoms with E-state index in [4.69, 9.17) is 0 Å². The van der Waals surface area contributed by atoms with Gasteiger partial charge in [-0.3, -0.25) is 9.69 Å². The zero-order valence-electron chi connectivity index (χ0n) is 9.99. The standard InChI is InChI=1S/C12H22N2O/c1-10(2)13-12(15)5-4-7-14-8-6-11(3)9-14/h4-5,10-11H,6-9H2,1-3H3,(H,13,15)/b5-4+/t11-/m1/s1. The molecule has 0 saturated carbocycles. The summed E-state index contributed by atoms with van der Waals surface area (Å²) in [5, 5.41) is 2.83. The van der Waals surface area contributed by atoms with Crippen LogP contribution in [0.3, 0.4) is 0 Å². The lowest BCUT2D eigenvalue weighted by Gasteiger charge is -2.11. The van der Waals surface area contributed by atoms with E-state index < -0.39 is 0 Å². The van der Waals surface area contributed by atoms with E-state index in [2.05, 4.69) is 17.1 Å². The number of nitrogens with one attached hydrogen (secondary N) is 1. The van der Waals surface area contributed by atoms with Gasteiger partial charge in [-0.25, -0.2) is 0 Å². The first-order valence-electron chi connectivity index (χ1n) is 5.77. The normalized spacial score (nSPS) is 22.8. The summed E-state index contributed by atoms with van der Waals surface area (Å²) in [6.07, 6.45) is 4.88. The Balaban J connectivity index is 2.18. The fourth-order valence-electron chi connectivity index (χ4n) is 1.83. The van der Waals surface area contributed by atoms with Crippen molar-refractivity contribution < 1.29 is 4.79 Å². The number of carbonyl (C=O) groups excluding carboxylic acids is 1. The van der Waals surface area contributed by atoms with Crippen molar-refractivity contribution in [2.24, 2.45) is 5.92 Å². The average Bonchev–Trinajstić information content (AvgIpc) is 2.50. The summed E-state index contributed by atoms with van der Waals surface area (Å²) in [4.78, 5) is 13.7. The highest BCUT2D eigenvalue weighted by Gasteiger charge is 2.16. The van der Waals surface area contributed by atoms with Gasteiger partial charge in [-0.05, 0) is 32.7 Å². The van der Waals surface area contributed by atoms with Gasteiger partial charge in [0.05, 0.1) is 0 Å². The smallest absolute Gasteiger partial charge is 0.243 e. The third-order valence-electron chi connectivity index (χ3n) is 2.57. The summed E-state index contributed by atoms with van der Waals surface area (Å²) in [7, 11) is 0. The SMILES string of the molecule is CC(C)NC(=O)/C=C/CN1CC[C@@H](C)C1. The van der Waals surface area contributed by atoms with Crippen LogP contribution in [0.25, 0.3) is 0 Å². The fourth-order valence-corrected chi connectivity index (χ4v) is 1.83. The van der Waals surface area contributed by atoms with Crippen LogP contribution in [0.1, 0.15) is 27.2 Å². The van der Waals surface area contributed by atoms with Crippen molar-refractivity contribution >= 4 is 5.91 Å². The average molecular weight is 210 g/mol. The number of hydrogen-bond donors (Lipinski definition) is 1. The molecule has 0 unspecified atom stereocenters. The minimum Gasteiger partial charge on any atom is -0.350 e. The Morgan fingerprint density at radius 3 is 2.87 bits per heavy atom. The third kappa shape index (κ3) is 4.98. The topological polar surface area (TPSA) is 32.3 Å². The molecule has 1 fully saturated rings. The first-order chi connectivity index (χ1) is 7.08. The van der Waals surface area contributed by atoms with Gasteiger partial charge in [-0.15, -0.1) is 0 Å². The van der Waals surface area contributed by atoms with Gasteiger partial charge in [0, 0.05) is 25.2 Å². The Bertz CT molecular complexity index is 236. The molecule has 0 radical (unpaired) electrons. The van der Waals surface area contributed by atoms with E-state index in [1.165, 1.54) is 6.42 Å². The molecule has 0 aliphatic carbocycles. The maximum atomic E-state index is 11.3. The number of amides is 1. The van der Waals surface area contributed by atoms with Gasteiger partial charge in [-0.1, -0.05) is 13.0 Å². The van der Waals surface area contributed by atoms with Gasteiger partial charge in [0.2, 0.25) is 5.91 Å². The van der Waals surface area contributed by atoms with Crippen molar-refractivity contribution in [3.8, 4) is 0 Å². The van der Waals surface area contributed by atoms with Crippen molar-refractivity contribution in [2.45, 2.75) is 33.2 Å².